The van der Waals surface area contributed by atoms with Crippen LogP contribution in [-0.4, -0.2) is 19.6 Å². The molecule has 100 valence electrons. The molecule has 1 aromatic carbocycles. The smallest absolute Gasteiger partial charge is 0.327 e. The molecule has 0 saturated carbocycles. The highest BCUT2D eigenvalue weighted by atomic mass is 79.9. The fourth-order valence-electron chi connectivity index (χ4n) is 1.50. The SMILES string of the molecule is COC(=O)C(NCC(C)C)c1ccc(F)c(Br)c1. The van der Waals surface area contributed by atoms with Crippen molar-refractivity contribution in [2.75, 3.05) is 13.7 Å². The van der Waals surface area contributed by atoms with Gasteiger partial charge in [0.15, 0.2) is 0 Å². The second-order valence-corrected chi connectivity index (χ2v) is 5.29. The molecule has 0 spiro atoms. The fraction of sp³-hybridized carbons (Fsp3) is 0.462. The molecule has 1 rings (SSSR count). The summed E-state index contributed by atoms with van der Waals surface area (Å²) in [6, 6.07) is 3.92. The van der Waals surface area contributed by atoms with Gasteiger partial charge in [0.1, 0.15) is 11.9 Å². The maximum absolute atomic E-state index is 13.2. The third-order valence-corrected chi connectivity index (χ3v) is 3.05. The number of hydrogen-bond acceptors (Lipinski definition) is 3. The topological polar surface area (TPSA) is 38.3 Å². The van der Waals surface area contributed by atoms with Crippen LogP contribution in [0.15, 0.2) is 22.7 Å². The number of methoxy groups -OCH3 is 1. The van der Waals surface area contributed by atoms with Crippen LogP contribution in [0.3, 0.4) is 0 Å². The minimum Gasteiger partial charge on any atom is -0.468 e. The first-order valence-corrected chi connectivity index (χ1v) is 6.51. The van der Waals surface area contributed by atoms with E-state index in [4.69, 9.17) is 4.74 Å². The lowest BCUT2D eigenvalue weighted by atomic mass is 10.1. The van der Waals surface area contributed by atoms with Gasteiger partial charge in [0.25, 0.3) is 0 Å². The van der Waals surface area contributed by atoms with Crippen molar-refractivity contribution in [1.82, 2.24) is 5.32 Å². The number of carbonyl (C=O) groups excluding carboxylic acids is 1. The number of esters is 1. The Morgan fingerprint density at radius 3 is 2.67 bits per heavy atom. The summed E-state index contributed by atoms with van der Waals surface area (Å²) >= 11 is 3.11. The third-order valence-electron chi connectivity index (χ3n) is 2.44. The van der Waals surface area contributed by atoms with Crippen molar-refractivity contribution >= 4 is 21.9 Å². The molecular formula is C13H17BrFNO2. The van der Waals surface area contributed by atoms with E-state index in [1.165, 1.54) is 13.2 Å². The van der Waals surface area contributed by atoms with Crippen molar-refractivity contribution in [2.45, 2.75) is 19.9 Å². The number of hydrogen-bond donors (Lipinski definition) is 1. The number of halogens is 2. The van der Waals surface area contributed by atoms with Crippen molar-refractivity contribution < 1.29 is 13.9 Å². The molecule has 1 N–H and O–H groups in total. The maximum atomic E-state index is 13.2. The number of ether oxygens (including phenoxy) is 1. The predicted octanol–water partition coefficient (Wildman–Crippen LogP) is 3.05. The first-order chi connectivity index (χ1) is 8.45. The average Bonchev–Trinajstić information content (AvgIpc) is 2.33. The van der Waals surface area contributed by atoms with Gasteiger partial charge >= 0.3 is 5.97 Å². The predicted molar refractivity (Wildman–Crippen MR) is 71.7 cm³/mol. The first kappa shape index (κ1) is 15.1. The Morgan fingerprint density at radius 2 is 2.17 bits per heavy atom. The highest BCUT2D eigenvalue weighted by Gasteiger charge is 2.21. The van der Waals surface area contributed by atoms with E-state index in [1.54, 1.807) is 12.1 Å². The van der Waals surface area contributed by atoms with Gasteiger partial charge in [0.2, 0.25) is 0 Å². The molecule has 0 aliphatic rings. The van der Waals surface area contributed by atoms with E-state index in [2.05, 4.69) is 21.2 Å². The van der Waals surface area contributed by atoms with Gasteiger partial charge in [-0.1, -0.05) is 19.9 Å². The molecule has 18 heavy (non-hydrogen) atoms. The summed E-state index contributed by atoms with van der Waals surface area (Å²) in [4.78, 5) is 11.7. The largest absolute Gasteiger partial charge is 0.468 e. The van der Waals surface area contributed by atoms with E-state index >= 15 is 0 Å². The number of nitrogens with one attached hydrogen (secondary N) is 1. The summed E-state index contributed by atoms with van der Waals surface area (Å²) in [7, 11) is 1.34. The zero-order chi connectivity index (χ0) is 13.7. The highest BCUT2D eigenvalue weighted by molar-refractivity contribution is 9.10. The average molecular weight is 318 g/mol. The number of carbonyl (C=O) groups is 1. The minimum absolute atomic E-state index is 0.334. The van der Waals surface area contributed by atoms with E-state index in [9.17, 15) is 9.18 Å². The van der Waals surface area contributed by atoms with Gasteiger partial charge in [-0.25, -0.2) is 9.18 Å². The molecule has 1 unspecified atom stereocenters. The minimum atomic E-state index is -0.575. The molecule has 0 heterocycles. The van der Waals surface area contributed by atoms with Crippen LogP contribution in [-0.2, 0) is 9.53 Å². The molecule has 1 atom stereocenters. The summed E-state index contributed by atoms with van der Waals surface area (Å²) in [6.07, 6.45) is 0. The molecule has 0 saturated heterocycles. The monoisotopic (exact) mass is 317 g/mol. The van der Waals surface area contributed by atoms with Crippen LogP contribution in [0.25, 0.3) is 0 Å². The van der Waals surface area contributed by atoms with Crippen LogP contribution in [0.4, 0.5) is 4.39 Å². The van der Waals surface area contributed by atoms with Crippen LogP contribution >= 0.6 is 15.9 Å². The van der Waals surface area contributed by atoms with Gasteiger partial charge in [0, 0.05) is 0 Å². The Balaban J connectivity index is 2.94. The number of benzene rings is 1. The van der Waals surface area contributed by atoms with E-state index in [1.807, 2.05) is 13.8 Å². The Kier molecular flexibility index (Phi) is 5.75. The fourth-order valence-corrected chi connectivity index (χ4v) is 1.90. The Labute approximate surface area is 115 Å². The molecule has 5 heteroatoms. The molecule has 1 aromatic rings. The van der Waals surface area contributed by atoms with Gasteiger partial charge in [-0.05, 0) is 46.1 Å². The molecule has 0 aliphatic carbocycles. The van der Waals surface area contributed by atoms with E-state index < -0.39 is 6.04 Å². The second kappa shape index (κ2) is 6.85. The lowest BCUT2D eigenvalue weighted by molar-refractivity contribution is -0.143. The lowest BCUT2D eigenvalue weighted by Gasteiger charge is -2.18. The van der Waals surface area contributed by atoms with Crippen LogP contribution in [0.2, 0.25) is 0 Å². The van der Waals surface area contributed by atoms with Crippen molar-refractivity contribution in [3.63, 3.8) is 0 Å². The van der Waals surface area contributed by atoms with E-state index in [-0.39, 0.29) is 11.8 Å². The highest BCUT2D eigenvalue weighted by Crippen LogP contribution is 2.22. The normalized spacial score (nSPS) is 12.6. The van der Waals surface area contributed by atoms with Crippen molar-refractivity contribution in [3.8, 4) is 0 Å². The van der Waals surface area contributed by atoms with Crippen molar-refractivity contribution in [1.29, 1.82) is 0 Å². The van der Waals surface area contributed by atoms with Crippen LogP contribution in [0.5, 0.6) is 0 Å². The van der Waals surface area contributed by atoms with Crippen LogP contribution in [0.1, 0.15) is 25.5 Å². The van der Waals surface area contributed by atoms with E-state index in [0.29, 0.717) is 22.5 Å². The molecule has 0 radical (unpaired) electrons. The van der Waals surface area contributed by atoms with Gasteiger partial charge in [-0.15, -0.1) is 0 Å². The van der Waals surface area contributed by atoms with Gasteiger partial charge in [0.05, 0.1) is 11.6 Å². The first-order valence-electron chi connectivity index (χ1n) is 5.72. The second-order valence-electron chi connectivity index (χ2n) is 4.43. The Bertz CT molecular complexity index is 423. The quantitative estimate of drug-likeness (QED) is 0.848. The molecule has 0 aromatic heterocycles. The molecule has 3 nitrogen and oxygen atoms in total. The maximum Gasteiger partial charge on any atom is 0.327 e. The standard InChI is InChI=1S/C13H17BrFNO2/c1-8(2)7-16-12(13(17)18-3)9-4-5-11(15)10(14)6-9/h4-6,8,12,16H,7H2,1-3H3. The zero-order valence-electron chi connectivity index (χ0n) is 10.7. The summed E-state index contributed by atoms with van der Waals surface area (Å²) in [5.74, 6) is -0.332. The van der Waals surface area contributed by atoms with Crippen LogP contribution < -0.4 is 5.32 Å². The lowest BCUT2D eigenvalue weighted by Crippen LogP contribution is -2.32. The molecule has 0 amide bonds. The molecule has 0 fully saturated rings. The Morgan fingerprint density at radius 1 is 1.50 bits per heavy atom. The summed E-state index contributed by atoms with van der Waals surface area (Å²) in [5.41, 5.74) is 0.677. The zero-order valence-corrected chi connectivity index (χ0v) is 12.3. The van der Waals surface area contributed by atoms with E-state index in [0.717, 1.165) is 0 Å². The number of rotatable bonds is 5. The molecule has 0 bridgehead atoms. The summed E-state index contributed by atoms with van der Waals surface area (Å²) in [5, 5.41) is 3.12. The van der Waals surface area contributed by atoms with Gasteiger partial charge in [-0.2, -0.15) is 0 Å². The van der Waals surface area contributed by atoms with Crippen molar-refractivity contribution in [2.24, 2.45) is 5.92 Å². The van der Waals surface area contributed by atoms with Crippen molar-refractivity contribution in [3.05, 3.63) is 34.1 Å². The third kappa shape index (κ3) is 4.07. The van der Waals surface area contributed by atoms with Gasteiger partial charge < -0.3 is 10.1 Å². The summed E-state index contributed by atoms with van der Waals surface area (Å²) in [6.45, 7) is 4.76. The van der Waals surface area contributed by atoms with Crippen LogP contribution in [0, 0.1) is 11.7 Å². The van der Waals surface area contributed by atoms with Gasteiger partial charge in [-0.3, -0.25) is 0 Å². The molecular weight excluding hydrogens is 301 g/mol. The summed E-state index contributed by atoms with van der Waals surface area (Å²) < 4.78 is 18.3. The Hall–Kier alpha value is -0.940. The molecule has 0 aliphatic heterocycles.